The Morgan fingerprint density at radius 1 is 1.30 bits per heavy atom. The number of nitrogens with one attached hydrogen (secondary N) is 1. The van der Waals surface area contributed by atoms with Gasteiger partial charge < -0.3 is 15.3 Å². The van der Waals surface area contributed by atoms with Crippen LogP contribution >= 0.6 is 0 Å². The topological polar surface area (TPSA) is 69.6 Å². The Hall–Kier alpha value is -2.04. The smallest absolute Gasteiger partial charge is 0.335 e. The minimum atomic E-state index is -0.944. The summed E-state index contributed by atoms with van der Waals surface area (Å²) in [5.74, 6) is -0.944. The van der Waals surface area contributed by atoms with Crippen LogP contribution in [0.2, 0.25) is 0 Å². The zero-order valence-corrected chi connectivity index (χ0v) is 11.8. The molecule has 1 saturated carbocycles. The monoisotopic (exact) mass is 276 g/mol. The average Bonchev–Trinajstić information content (AvgIpc) is 3.21. The number of benzene rings is 1. The number of rotatable bonds is 5. The van der Waals surface area contributed by atoms with Crippen molar-refractivity contribution in [2.75, 3.05) is 0 Å². The van der Waals surface area contributed by atoms with Crippen LogP contribution < -0.4 is 5.32 Å². The first-order valence-corrected chi connectivity index (χ1v) is 6.87. The van der Waals surface area contributed by atoms with Crippen LogP contribution in [0.15, 0.2) is 24.3 Å². The number of carbonyl (C=O) groups excluding carboxylic acids is 1. The molecule has 0 aromatic heterocycles. The Kier molecular flexibility index (Phi) is 4.27. The fourth-order valence-electron chi connectivity index (χ4n) is 2.21. The SMILES string of the molecule is CC(C)N(C(=O)NCc1ccc(C(=O)O)cc1)C1CC1. The molecule has 2 rings (SSSR count). The third kappa shape index (κ3) is 3.50. The van der Waals surface area contributed by atoms with Crippen molar-refractivity contribution in [3.8, 4) is 0 Å². The lowest BCUT2D eigenvalue weighted by Gasteiger charge is -2.26. The van der Waals surface area contributed by atoms with Crippen molar-refractivity contribution >= 4 is 12.0 Å². The molecular formula is C15H20N2O3. The molecule has 0 saturated heterocycles. The number of urea groups is 1. The number of carboxylic acids is 1. The molecule has 108 valence electrons. The summed E-state index contributed by atoms with van der Waals surface area (Å²) in [6.45, 7) is 4.44. The molecule has 1 aromatic rings. The van der Waals surface area contributed by atoms with Crippen molar-refractivity contribution in [1.29, 1.82) is 0 Å². The van der Waals surface area contributed by atoms with Crippen molar-refractivity contribution in [3.05, 3.63) is 35.4 Å². The molecule has 1 aromatic carbocycles. The van der Waals surface area contributed by atoms with Gasteiger partial charge in [0.2, 0.25) is 0 Å². The van der Waals surface area contributed by atoms with E-state index in [9.17, 15) is 9.59 Å². The van der Waals surface area contributed by atoms with Gasteiger partial charge in [0.25, 0.3) is 0 Å². The maximum absolute atomic E-state index is 12.1. The van der Waals surface area contributed by atoms with E-state index in [1.54, 1.807) is 24.3 Å². The second-order valence-corrected chi connectivity index (χ2v) is 5.39. The van der Waals surface area contributed by atoms with E-state index in [1.807, 2.05) is 18.7 Å². The lowest BCUT2D eigenvalue weighted by atomic mass is 10.1. The average molecular weight is 276 g/mol. The summed E-state index contributed by atoms with van der Waals surface area (Å²) in [4.78, 5) is 24.8. The zero-order valence-electron chi connectivity index (χ0n) is 11.8. The van der Waals surface area contributed by atoms with Crippen LogP contribution in [0.25, 0.3) is 0 Å². The molecule has 1 fully saturated rings. The summed E-state index contributed by atoms with van der Waals surface area (Å²) in [5.41, 5.74) is 1.14. The Balaban J connectivity index is 1.90. The van der Waals surface area contributed by atoms with Crippen LogP contribution in [0.3, 0.4) is 0 Å². The van der Waals surface area contributed by atoms with E-state index in [2.05, 4.69) is 5.32 Å². The molecule has 5 heteroatoms. The van der Waals surface area contributed by atoms with Gasteiger partial charge in [-0.05, 0) is 44.4 Å². The molecule has 0 aliphatic heterocycles. The van der Waals surface area contributed by atoms with Crippen LogP contribution in [-0.2, 0) is 6.54 Å². The highest BCUT2D eigenvalue weighted by atomic mass is 16.4. The van der Waals surface area contributed by atoms with Crippen LogP contribution in [0.4, 0.5) is 4.79 Å². The van der Waals surface area contributed by atoms with Crippen molar-refractivity contribution < 1.29 is 14.7 Å². The minimum Gasteiger partial charge on any atom is -0.478 e. The molecule has 2 amide bonds. The first-order valence-electron chi connectivity index (χ1n) is 6.87. The summed E-state index contributed by atoms with van der Waals surface area (Å²) >= 11 is 0. The van der Waals surface area contributed by atoms with Gasteiger partial charge in [-0.25, -0.2) is 9.59 Å². The largest absolute Gasteiger partial charge is 0.478 e. The maximum Gasteiger partial charge on any atom is 0.335 e. The minimum absolute atomic E-state index is 0.0511. The second kappa shape index (κ2) is 5.94. The van der Waals surface area contributed by atoms with Gasteiger partial charge >= 0.3 is 12.0 Å². The molecule has 0 heterocycles. The van der Waals surface area contributed by atoms with Crippen molar-refractivity contribution in [3.63, 3.8) is 0 Å². The Morgan fingerprint density at radius 2 is 1.90 bits per heavy atom. The van der Waals surface area contributed by atoms with E-state index < -0.39 is 5.97 Å². The third-order valence-corrected chi connectivity index (χ3v) is 3.38. The molecule has 0 atom stereocenters. The number of amides is 2. The number of carboxylic acid groups (broad SMARTS) is 1. The van der Waals surface area contributed by atoms with E-state index >= 15 is 0 Å². The second-order valence-electron chi connectivity index (χ2n) is 5.39. The van der Waals surface area contributed by atoms with Crippen LogP contribution in [0, 0.1) is 0 Å². The van der Waals surface area contributed by atoms with Crippen molar-refractivity contribution in [2.24, 2.45) is 0 Å². The Bertz CT molecular complexity index is 490. The van der Waals surface area contributed by atoms with Crippen molar-refractivity contribution in [1.82, 2.24) is 10.2 Å². The Morgan fingerprint density at radius 3 is 2.35 bits per heavy atom. The molecule has 2 N–H and O–H groups in total. The quantitative estimate of drug-likeness (QED) is 0.868. The summed E-state index contributed by atoms with van der Waals surface area (Å²) < 4.78 is 0. The normalized spacial score (nSPS) is 14.2. The van der Waals surface area contributed by atoms with E-state index in [-0.39, 0.29) is 17.6 Å². The standard InChI is InChI=1S/C15H20N2O3/c1-10(2)17(13-7-8-13)15(20)16-9-11-3-5-12(6-4-11)14(18)19/h3-6,10,13H,7-9H2,1-2H3,(H,16,20)(H,18,19). The molecule has 0 spiro atoms. The highest BCUT2D eigenvalue weighted by Gasteiger charge is 2.34. The molecular weight excluding hydrogens is 256 g/mol. The van der Waals surface area contributed by atoms with Crippen LogP contribution in [0.1, 0.15) is 42.6 Å². The number of aromatic carboxylic acids is 1. The van der Waals surface area contributed by atoms with E-state index in [0.717, 1.165) is 18.4 Å². The number of nitrogens with zero attached hydrogens (tertiary/aromatic N) is 1. The van der Waals surface area contributed by atoms with Crippen LogP contribution in [0.5, 0.6) is 0 Å². The number of carbonyl (C=O) groups is 2. The molecule has 1 aliphatic carbocycles. The summed E-state index contributed by atoms with van der Waals surface area (Å²) in [6.07, 6.45) is 2.16. The third-order valence-electron chi connectivity index (χ3n) is 3.38. The molecule has 0 unspecified atom stereocenters. The number of hydrogen-bond donors (Lipinski definition) is 2. The molecule has 1 aliphatic rings. The predicted octanol–water partition coefficient (Wildman–Crippen LogP) is 2.47. The highest BCUT2D eigenvalue weighted by molar-refractivity contribution is 5.87. The van der Waals surface area contributed by atoms with E-state index in [1.165, 1.54) is 0 Å². The first kappa shape index (κ1) is 14.4. The zero-order chi connectivity index (χ0) is 14.7. The predicted molar refractivity (Wildman–Crippen MR) is 75.6 cm³/mol. The van der Waals surface area contributed by atoms with Gasteiger partial charge in [-0.1, -0.05) is 12.1 Å². The van der Waals surface area contributed by atoms with Gasteiger partial charge in [0.1, 0.15) is 0 Å². The van der Waals surface area contributed by atoms with Crippen molar-refractivity contribution in [2.45, 2.75) is 45.3 Å². The molecule has 20 heavy (non-hydrogen) atoms. The summed E-state index contributed by atoms with van der Waals surface area (Å²) in [5, 5.41) is 11.7. The fourth-order valence-corrected chi connectivity index (χ4v) is 2.21. The van der Waals surface area contributed by atoms with Gasteiger partial charge in [-0.2, -0.15) is 0 Å². The number of hydrogen-bond acceptors (Lipinski definition) is 2. The Labute approximate surface area is 118 Å². The van der Waals surface area contributed by atoms with Gasteiger partial charge in [0.15, 0.2) is 0 Å². The highest BCUT2D eigenvalue weighted by Crippen LogP contribution is 2.28. The van der Waals surface area contributed by atoms with E-state index in [4.69, 9.17) is 5.11 Å². The lowest BCUT2D eigenvalue weighted by Crippen LogP contribution is -2.45. The van der Waals surface area contributed by atoms with Crippen LogP contribution in [-0.4, -0.2) is 34.1 Å². The van der Waals surface area contributed by atoms with Gasteiger partial charge in [-0.3, -0.25) is 0 Å². The summed E-state index contributed by atoms with van der Waals surface area (Å²) in [6, 6.07) is 7.06. The van der Waals surface area contributed by atoms with Gasteiger partial charge in [-0.15, -0.1) is 0 Å². The fraction of sp³-hybridized carbons (Fsp3) is 0.467. The maximum atomic E-state index is 12.1. The van der Waals surface area contributed by atoms with E-state index in [0.29, 0.717) is 12.6 Å². The molecule has 5 nitrogen and oxygen atoms in total. The molecule has 0 bridgehead atoms. The molecule has 0 radical (unpaired) electrons. The lowest BCUT2D eigenvalue weighted by molar-refractivity contribution is 0.0697. The summed E-state index contributed by atoms with van der Waals surface area (Å²) in [7, 11) is 0. The first-order chi connectivity index (χ1) is 9.49. The van der Waals surface area contributed by atoms with Gasteiger partial charge in [0.05, 0.1) is 5.56 Å². The van der Waals surface area contributed by atoms with Gasteiger partial charge in [0, 0.05) is 18.6 Å².